The summed E-state index contributed by atoms with van der Waals surface area (Å²) in [6.07, 6.45) is -0.638. The Labute approximate surface area is 287 Å². The molecular formula is C36H41F5N6O3. The maximum atomic E-state index is 15.6. The molecule has 2 aliphatic rings. The number of benzene rings is 2. The molecule has 0 spiro atoms. The minimum Gasteiger partial charge on any atom is -0.460 e. The molecule has 0 atom stereocenters. The Morgan fingerprint density at radius 3 is 1.60 bits per heavy atom. The van der Waals surface area contributed by atoms with E-state index in [-0.39, 0.29) is 23.7 Å². The number of nitrogens with one attached hydrogen (secondary N) is 1. The Balaban J connectivity index is 1.38. The first-order valence-corrected chi connectivity index (χ1v) is 16.3. The van der Waals surface area contributed by atoms with Crippen LogP contribution in [0.3, 0.4) is 0 Å². The van der Waals surface area contributed by atoms with Gasteiger partial charge in [0.05, 0.1) is 11.1 Å². The number of halogens is 5. The molecule has 0 radical (unpaired) electrons. The van der Waals surface area contributed by atoms with Gasteiger partial charge in [-0.25, -0.2) is 13.6 Å². The van der Waals surface area contributed by atoms with Crippen molar-refractivity contribution in [2.45, 2.75) is 78.3 Å². The SMILES string of the molecule is CC(C)(C)OC(=N)N1CC=C(c2ccc(-c3nnc(-c4ccc(C5=CCN(C(=O)OC(C)(C)C)CC5)cc4F)n3CC(F)(F)F)c(F)c2)CC1. The fourth-order valence-corrected chi connectivity index (χ4v) is 5.72. The van der Waals surface area contributed by atoms with E-state index >= 15 is 8.78 Å². The van der Waals surface area contributed by atoms with E-state index in [9.17, 15) is 18.0 Å². The molecule has 0 bridgehead atoms. The van der Waals surface area contributed by atoms with E-state index in [1.54, 1.807) is 43.9 Å². The third kappa shape index (κ3) is 8.88. The minimum atomic E-state index is -4.74. The van der Waals surface area contributed by atoms with Crippen LogP contribution in [0.15, 0.2) is 48.6 Å². The van der Waals surface area contributed by atoms with Gasteiger partial charge in [-0.05, 0) is 101 Å². The van der Waals surface area contributed by atoms with Crippen LogP contribution in [0.5, 0.6) is 0 Å². The summed E-state index contributed by atoms with van der Waals surface area (Å²) < 4.78 is 84.5. The molecule has 1 aromatic heterocycles. The Morgan fingerprint density at radius 2 is 1.22 bits per heavy atom. The Hall–Kier alpha value is -4.75. The number of nitrogens with zero attached hydrogens (tertiary/aromatic N) is 5. The summed E-state index contributed by atoms with van der Waals surface area (Å²) >= 11 is 0. The van der Waals surface area contributed by atoms with Crippen molar-refractivity contribution in [2.75, 3.05) is 26.2 Å². The predicted molar refractivity (Wildman–Crippen MR) is 180 cm³/mol. The molecule has 3 heterocycles. The van der Waals surface area contributed by atoms with Crippen LogP contribution in [-0.4, -0.2) is 80.2 Å². The molecule has 1 amide bonds. The first-order chi connectivity index (χ1) is 23.3. The lowest BCUT2D eigenvalue weighted by molar-refractivity contribution is -0.140. The number of hydrogen-bond acceptors (Lipinski definition) is 6. The molecule has 0 aliphatic carbocycles. The maximum absolute atomic E-state index is 15.6. The zero-order valence-electron chi connectivity index (χ0n) is 28.9. The third-order valence-corrected chi connectivity index (χ3v) is 8.01. The van der Waals surface area contributed by atoms with Crippen molar-refractivity contribution in [1.82, 2.24) is 24.6 Å². The van der Waals surface area contributed by atoms with Crippen LogP contribution in [0.2, 0.25) is 0 Å². The quantitative estimate of drug-likeness (QED) is 0.163. The average molecular weight is 701 g/mol. The van der Waals surface area contributed by atoms with E-state index in [1.807, 2.05) is 26.8 Å². The van der Waals surface area contributed by atoms with Crippen LogP contribution in [-0.2, 0) is 16.0 Å². The molecule has 1 N–H and O–H groups in total. The number of carbonyl (C=O) groups excluding carboxylic acids is 1. The van der Waals surface area contributed by atoms with Crippen LogP contribution in [0.4, 0.5) is 26.7 Å². The van der Waals surface area contributed by atoms with E-state index in [1.165, 1.54) is 29.2 Å². The van der Waals surface area contributed by atoms with Gasteiger partial charge in [-0.15, -0.1) is 10.2 Å². The Kier molecular flexibility index (Phi) is 10.1. The first-order valence-electron chi connectivity index (χ1n) is 16.3. The van der Waals surface area contributed by atoms with E-state index in [2.05, 4.69) is 10.2 Å². The highest BCUT2D eigenvalue weighted by Gasteiger charge is 2.33. The second-order valence-electron chi connectivity index (χ2n) is 14.3. The number of amidine groups is 1. The van der Waals surface area contributed by atoms with Crippen LogP contribution >= 0.6 is 0 Å². The molecule has 5 rings (SSSR count). The van der Waals surface area contributed by atoms with Gasteiger partial charge in [0.25, 0.3) is 6.02 Å². The summed E-state index contributed by atoms with van der Waals surface area (Å²) in [6.45, 7) is 10.8. The molecule has 3 aromatic rings. The number of alkyl halides is 3. The summed E-state index contributed by atoms with van der Waals surface area (Å²) in [5, 5.41) is 16.0. The van der Waals surface area contributed by atoms with Gasteiger partial charge in [0, 0.05) is 26.2 Å². The lowest BCUT2D eigenvalue weighted by Crippen LogP contribution is -2.39. The average Bonchev–Trinajstić information content (AvgIpc) is 3.40. The lowest BCUT2D eigenvalue weighted by Gasteiger charge is -2.31. The first kappa shape index (κ1) is 36.5. The molecule has 14 heteroatoms. The second kappa shape index (κ2) is 13.9. The molecule has 0 unspecified atom stereocenters. The van der Waals surface area contributed by atoms with Crippen molar-refractivity contribution in [2.24, 2.45) is 0 Å². The van der Waals surface area contributed by atoms with Gasteiger partial charge < -0.3 is 19.3 Å². The van der Waals surface area contributed by atoms with Gasteiger partial charge in [0.1, 0.15) is 29.4 Å². The van der Waals surface area contributed by atoms with Crippen molar-refractivity contribution in [3.05, 3.63) is 71.3 Å². The van der Waals surface area contributed by atoms with Gasteiger partial charge in [0.2, 0.25) is 0 Å². The fraction of sp³-hybridized carbons (Fsp3) is 0.444. The van der Waals surface area contributed by atoms with Crippen LogP contribution in [0.1, 0.15) is 65.5 Å². The highest BCUT2D eigenvalue weighted by Crippen LogP contribution is 2.34. The molecular weight excluding hydrogens is 659 g/mol. The van der Waals surface area contributed by atoms with Crippen LogP contribution < -0.4 is 0 Å². The highest BCUT2D eigenvalue weighted by molar-refractivity contribution is 5.76. The van der Waals surface area contributed by atoms with Crippen LogP contribution in [0, 0.1) is 17.0 Å². The minimum absolute atomic E-state index is 0.0397. The van der Waals surface area contributed by atoms with E-state index in [4.69, 9.17) is 14.9 Å². The monoisotopic (exact) mass is 700 g/mol. The normalized spacial score (nSPS) is 15.8. The zero-order valence-corrected chi connectivity index (χ0v) is 28.9. The molecule has 0 saturated heterocycles. The van der Waals surface area contributed by atoms with Gasteiger partial charge in [-0.3, -0.25) is 9.98 Å². The van der Waals surface area contributed by atoms with E-state index < -0.39 is 53.3 Å². The molecule has 2 aliphatic heterocycles. The summed E-state index contributed by atoms with van der Waals surface area (Å²) in [4.78, 5) is 15.7. The molecule has 0 saturated carbocycles. The van der Waals surface area contributed by atoms with E-state index in [0.29, 0.717) is 48.2 Å². The second-order valence-corrected chi connectivity index (χ2v) is 14.3. The molecule has 50 heavy (non-hydrogen) atoms. The number of aromatic nitrogens is 3. The molecule has 0 fully saturated rings. The maximum Gasteiger partial charge on any atom is 0.410 e. The molecule has 268 valence electrons. The van der Waals surface area contributed by atoms with Gasteiger partial charge in [0.15, 0.2) is 11.6 Å². The van der Waals surface area contributed by atoms with Crippen LogP contribution in [0.25, 0.3) is 33.9 Å². The summed E-state index contributed by atoms with van der Waals surface area (Å²) in [5.74, 6) is -2.42. The van der Waals surface area contributed by atoms with Crippen molar-refractivity contribution < 1.29 is 36.2 Å². The van der Waals surface area contributed by atoms with Crippen molar-refractivity contribution in [3.63, 3.8) is 0 Å². The lowest BCUT2D eigenvalue weighted by atomic mass is 9.97. The highest BCUT2D eigenvalue weighted by atomic mass is 19.4. The fourth-order valence-electron chi connectivity index (χ4n) is 5.72. The zero-order chi connectivity index (χ0) is 36.6. The van der Waals surface area contributed by atoms with Gasteiger partial charge in [-0.1, -0.05) is 24.3 Å². The largest absolute Gasteiger partial charge is 0.460 e. The van der Waals surface area contributed by atoms with E-state index in [0.717, 1.165) is 11.1 Å². The Morgan fingerprint density at radius 1 is 0.760 bits per heavy atom. The van der Waals surface area contributed by atoms with Crippen molar-refractivity contribution in [1.29, 1.82) is 5.41 Å². The number of hydrogen-bond donors (Lipinski definition) is 1. The summed E-state index contributed by atoms with van der Waals surface area (Å²) in [7, 11) is 0. The number of rotatable bonds is 5. The standard InChI is InChI=1S/C36H41F5N6O3/c1-34(2,3)49-32(42)45-15-11-22(12-16-45)24-7-9-26(28(37)19-24)30-43-44-31(47(30)21-36(39,40)41)27-10-8-25(20-29(27)38)23-13-17-46(18-14-23)33(48)50-35(4,5)6/h7-11,13,19-20,42H,12,14-18,21H2,1-6H3. The molecule has 2 aromatic carbocycles. The Bertz CT molecular complexity index is 1710. The summed E-state index contributed by atoms with van der Waals surface area (Å²) in [6, 6.07) is 8.33. The van der Waals surface area contributed by atoms with Gasteiger partial charge in [-0.2, -0.15) is 13.2 Å². The smallest absolute Gasteiger partial charge is 0.410 e. The number of carbonyl (C=O) groups is 1. The van der Waals surface area contributed by atoms with Crippen molar-refractivity contribution >= 4 is 23.3 Å². The van der Waals surface area contributed by atoms with Gasteiger partial charge >= 0.3 is 12.3 Å². The number of ether oxygens (including phenoxy) is 2. The summed E-state index contributed by atoms with van der Waals surface area (Å²) in [5.41, 5.74) is 1.04. The number of amides is 1. The predicted octanol–water partition coefficient (Wildman–Crippen LogP) is 8.32. The molecule has 9 nitrogen and oxygen atoms in total. The topological polar surface area (TPSA) is 96.6 Å². The third-order valence-electron chi connectivity index (χ3n) is 8.01. The van der Waals surface area contributed by atoms with Crippen molar-refractivity contribution in [3.8, 4) is 22.8 Å².